The van der Waals surface area contributed by atoms with Crippen LogP contribution in [0.3, 0.4) is 0 Å². The minimum absolute atomic E-state index is 0.00348. The molecule has 0 spiro atoms. The van der Waals surface area contributed by atoms with Crippen molar-refractivity contribution in [1.29, 1.82) is 0 Å². The number of nitrogens with one attached hydrogen (secondary N) is 2. The van der Waals surface area contributed by atoms with Crippen molar-refractivity contribution in [3.05, 3.63) is 88.9 Å². The number of benzene rings is 2. The fraction of sp³-hybridized carbons (Fsp3) is 0.179. The van der Waals surface area contributed by atoms with Crippen molar-refractivity contribution in [3.63, 3.8) is 0 Å². The van der Waals surface area contributed by atoms with Gasteiger partial charge in [0.05, 0.1) is 21.7 Å². The van der Waals surface area contributed by atoms with E-state index < -0.39 is 31.4 Å². The number of amidine groups is 1. The van der Waals surface area contributed by atoms with E-state index in [-0.39, 0.29) is 49.5 Å². The van der Waals surface area contributed by atoms with Crippen molar-refractivity contribution >= 4 is 54.4 Å². The first kappa shape index (κ1) is 28.1. The highest BCUT2D eigenvalue weighted by atomic mass is 32.2. The van der Waals surface area contributed by atoms with Crippen LogP contribution in [0.5, 0.6) is 5.75 Å². The SMILES string of the molecule is C=Cc1ccc(S(=O)(=O)Nc2ccc3c(c2)S(=O)(=O)N=C(c2c(O)c4cccnc4n(CCC(C)C)c2=O)N3)cc1. The van der Waals surface area contributed by atoms with Gasteiger partial charge in [-0.3, -0.25) is 14.1 Å². The molecule has 3 heterocycles. The van der Waals surface area contributed by atoms with Gasteiger partial charge >= 0.3 is 0 Å². The standard InChI is InChI=1S/C28H27N5O6S2/c1-4-18-7-10-20(11-8-18)40(36,37)31-19-9-12-22-23(16-19)41(38,39)32-26(30-22)24-25(34)21-6-5-14-29-27(21)33(28(24)35)15-13-17(2)3/h4-12,14,16-17,31,34H,1,13,15H2,2-3H3,(H,30,32). The fourth-order valence-electron chi connectivity index (χ4n) is 4.40. The summed E-state index contributed by atoms with van der Waals surface area (Å²) in [5.74, 6) is -0.524. The van der Waals surface area contributed by atoms with Crippen molar-refractivity contribution < 1.29 is 21.9 Å². The van der Waals surface area contributed by atoms with Gasteiger partial charge in [-0.25, -0.2) is 13.4 Å². The van der Waals surface area contributed by atoms with Gasteiger partial charge in [0.15, 0.2) is 5.84 Å². The largest absolute Gasteiger partial charge is 0.506 e. The summed E-state index contributed by atoms with van der Waals surface area (Å²) in [7, 11) is -8.43. The molecule has 5 rings (SSSR count). The number of nitrogens with zero attached hydrogens (tertiary/aromatic N) is 3. The summed E-state index contributed by atoms with van der Waals surface area (Å²) in [4.78, 5) is 17.5. The molecule has 0 aliphatic carbocycles. The van der Waals surface area contributed by atoms with E-state index in [2.05, 4.69) is 26.0 Å². The van der Waals surface area contributed by atoms with E-state index in [1.165, 1.54) is 35.0 Å². The van der Waals surface area contributed by atoms with Gasteiger partial charge in [-0.2, -0.15) is 8.42 Å². The molecule has 0 radical (unpaired) electrons. The Morgan fingerprint density at radius 3 is 2.56 bits per heavy atom. The van der Waals surface area contributed by atoms with E-state index in [9.17, 15) is 26.7 Å². The van der Waals surface area contributed by atoms with Crippen molar-refractivity contribution in [2.24, 2.45) is 10.3 Å². The second-order valence-corrected chi connectivity index (χ2v) is 13.1. The molecule has 0 unspecified atom stereocenters. The summed E-state index contributed by atoms with van der Waals surface area (Å²) in [5.41, 5.74) is 0.116. The predicted molar refractivity (Wildman–Crippen MR) is 158 cm³/mol. The molecule has 0 saturated heterocycles. The smallest absolute Gasteiger partial charge is 0.286 e. The normalized spacial score (nSPS) is 14.3. The maximum absolute atomic E-state index is 13.6. The second-order valence-electron chi connectivity index (χ2n) is 9.87. The van der Waals surface area contributed by atoms with Crippen LogP contribution in [0.25, 0.3) is 17.1 Å². The van der Waals surface area contributed by atoms with Gasteiger partial charge in [0.2, 0.25) is 0 Å². The first-order valence-electron chi connectivity index (χ1n) is 12.6. The summed E-state index contributed by atoms with van der Waals surface area (Å²) in [5, 5.41) is 14.2. The number of aromatic hydroxyl groups is 1. The first-order valence-corrected chi connectivity index (χ1v) is 15.6. The van der Waals surface area contributed by atoms with Crippen molar-refractivity contribution in [1.82, 2.24) is 9.55 Å². The molecular formula is C28H27N5O6S2. The molecule has 1 aliphatic rings. The Balaban J connectivity index is 1.55. The van der Waals surface area contributed by atoms with Crippen LogP contribution < -0.4 is 15.6 Å². The summed E-state index contributed by atoms with van der Waals surface area (Å²) in [6, 6.07) is 13.1. The molecule has 212 valence electrons. The van der Waals surface area contributed by atoms with E-state index in [4.69, 9.17) is 0 Å². The lowest BCUT2D eigenvalue weighted by Gasteiger charge is -2.21. The van der Waals surface area contributed by atoms with Gasteiger partial charge in [-0.05, 0) is 60.4 Å². The summed E-state index contributed by atoms with van der Waals surface area (Å²) < 4.78 is 59.9. The third-order valence-corrected chi connectivity index (χ3v) is 9.28. The molecule has 0 atom stereocenters. The van der Waals surface area contributed by atoms with Gasteiger partial charge in [0, 0.05) is 12.7 Å². The van der Waals surface area contributed by atoms with E-state index in [0.29, 0.717) is 13.0 Å². The van der Waals surface area contributed by atoms with Crippen molar-refractivity contribution in [3.8, 4) is 5.75 Å². The first-order chi connectivity index (χ1) is 19.4. The zero-order valence-corrected chi connectivity index (χ0v) is 23.8. The zero-order chi connectivity index (χ0) is 29.5. The Morgan fingerprint density at radius 2 is 1.88 bits per heavy atom. The topological polar surface area (TPSA) is 160 Å². The summed E-state index contributed by atoms with van der Waals surface area (Å²) in [6.45, 7) is 7.95. The van der Waals surface area contributed by atoms with E-state index in [1.54, 1.807) is 30.3 Å². The number of rotatable bonds is 8. The van der Waals surface area contributed by atoms with Gasteiger partial charge in [-0.1, -0.05) is 38.6 Å². The Kier molecular flexibility index (Phi) is 7.17. The van der Waals surface area contributed by atoms with Gasteiger partial charge < -0.3 is 10.4 Å². The molecule has 4 aromatic rings. The van der Waals surface area contributed by atoms with Crippen molar-refractivity contribution in [2.75, 3.05) is 10.0 Å². The molecule has 0 amide bonds. The van der Waals surface area contributed by atoms with Crippen LogP contribution in [0.15, 0.2) is 86.4 Å². The van der Waals surface area contributed by atoms with Gasteiger partial charge in [0.25, 0.3) is 25.6 Å². The van der Waals surface area contributed by atoms with Crippen LogP contribution >= 0.6 is 0 Å². The van der Waals surface area contributed by atoms with Crippen LogP contribution in [0, 0.1) is 5.92 Å². The van der Waals surface area contributed by atoms with Crippen LogP contribution in [-0.2, 0) is 26.6 Å². The average molecular weight is 594 g/mol. The number of hydrogen-bond donors (Lipinski definition) is 3. The summed E-state index contributed by atoms with van der Waals surface area (Å²) >= 11 is 0. The highest BCUT2D eigenvalue weighted by molar-refractivity contribution is 7.92. The van der Waals surface area contributed by atoms with Crippen LogP contribution in [-0.4, -0.2) is 37.3 Å². The Hall–Kier alpha value is -4.49. The van der Waals surface area contributed by atoms with Gasteiger partial charge in [-0.15, -0.1) is 4.40 Å². The number of aryl methyl sites for hydroxylation is 1. The minimum Gasteiger partial charge on any atom is -0.506 e. The molecule has 3 N–H and O–H groups in total. The zero-order valence-electron chi connectivity index (χ0n) is 22.2. The number of anilines is 2. The molecule has 0 saturated carbocycles. The Labute approximate surface area is 237 Å². The minimum atomic E-state index is -4.41. The van der Waals surface area contributed by atoms with Crippen LogP contribution in [0.2, 0.25) is 0 Å². The third-order valence-electron chi connectivity index (χ3n) is 6.56. The van der Waals surface area contributed by atoms with Gasteiger partial charge in [0.1, 0.15) is 21.9 Å². The maximum atomic E-state index is 13.6. The number of aromatic nitrogens is 2. The molecule has 2 aromatic heterocycles. The molecular weight excluding hydrogens is 566 g/mol. The maximum Gasteiger partial charge on any atom is 0.286 e. The van der Waals surface area contributed by atoms with E-state index in [0.717, 1.165) is 11.6 Å². The lowest BCUT2D eigenvalue weighted by Crippen LogP contribution is -2.33. The third kappa shape index (κ3) is 5.33. The molecule has 0 bridgehead atoms. The lowest BCUT2D eigenvalue weighted by molar-refractivity contribution is 0.473. The van der Waals surface area contributed by atoms with Crippen LogP contribution in [0.1, 0.15) is 31.4 Å². The molecule has 1 aliphatic heterocycles. The quantitative estimate of drug-likeness (QED) is 0.275. The van der Waals surface area contributed by atoms with Crippen molar-refractivity contribution in [2.45, 2.75) is 36.6 Å². The number of sulfonamides is 2. The Bertz CT molecular complexity index is 2000. The predicted octanol–water partition coefficient (Wildman–Crippen LogP) is 4.15. The monoisotopic (exact) mass is 593 g/mol. The number of hydrogen-bond acceptors (Lipinski definition) is 8. The molecule has 11 nitrogen and oxygen atoms in total. The number of pyridine rings is 2. The second kappa shape index (κ2) is 10.5. The number of fused-ring (bicyclic) bond motifs is 2. The van der Waals surface area contributed by atoms with E-state index >= 15 is 0 Å². The van der Waals surface area contributed by atoms with Crippen LogP contribution in [0.4, 0.5) is 11.4 Å². The fourth-order valence-corrected chi connectivity index (χ4v) is 6.60. The molecule has 13 heteroatoms. The Morgan fingerprint density at radius 1 is 1.15 bits per heavy atom. The highest BCUT2D eigenvalue weighted by Gasteiger charge is 2.31. The molecule has 2 aromatic carbocycles. The lowest BCUT2D eigenvalue weighted by atomic mass is 10.1. The van der Waals surface area contributed by atoms with E-state index in [1.807, 2.05) is 13.8 Å². The summed E-state index contributed by atoms with van der Waals surface area (Å²) in [6.07, 6.45) is 3.73. The average Bonchev–Trinajstić information content (AvgIpc) is 2.93. The molecule has 0 fully saturated rings. The molecule has 41 heavy (non-hydrogen) atoms. The highest BCUT2D eigenvalue weighted by Crippen LogP contribution is 2.34.